The molecule has 0 fully saturated rings. The zero-order chi connectivity index (χ0) is 12.1. The highest BCUT2D eigenvalue weighted by Gasteiger charge is 1.95. The highest BCUT2D eigenvalue weighted by atomic mass is 15.0. The van der Waals surface area contributed by atoms with E-state index in [0.717, 1.165) is 17.9 Å². The molecule has 0 amide bonds. The maximum absolute atomic E-state index is 5.55. The van der Waals surface area contributed by atoms with Gasteiger partial charge in [0.1, 0.15) is 5.82 Å². The Morgan fingerprint density at radius 2 is 1.76 bits per heavy atom. The molecular weight excluding hydrogens is 210 g/mol. The van der Waals surface area contributed by atoms with Crippen molar-refractivity contribution >= 4 is 5.82 Å². The Morgan fingerprint density at radius 3 is 2.35 bits per heavy atom. The first kappa shape index (κ1) is 11.6. The Kier molecular flexibility index (Phi) is 3.73. The molecule has 0 unspecified atom stereocenters. The minimum absolute atomic E-state index is 0.591. The van der Waals surface area contributed by atoms with Crippen molar-refractivity contribution in [2.45, 2.75) is 20.0 Å². The summed E-state index contributed by atoms with van der Waals surface area (Å²) in [5.41, 5.74) is 9.10. The van der Waals surface area contributed by atoms with E-state index in [1.807, 2.05) is 25.3 Å². The second kappa shape index (κ2) is 5.46. The fourth-order valence-corrected chi connectivity index (χ4v) is 1.56. The molecule has 0 aliphatic carbocycles. The van der Waals surface area contributed by atoms with Gasteiger partial charge in [0.15, 0.2) is 0 Å². The van der Waals surface area contributed by atoms with Gasteiger partial charge in [-0.3, -0.25) is 0 Å². The van der Waals surface area contributed by atoms with Crippen LogP contribution >= 0.6 is 0 Å². The molecule has 0 radical (unpaired) electrons. The third-order valence-electron chi connectivity index (χ3n) is 2.64. The summed E-state index contributed by atoms with van der Waals surface area (Å²) in [6, 6.07) is 12.3. The first-order chi connectivity index (χ1) is 8.28. The van der Waals surface area contributed by atoms with Crippen molar-refractivity contribution in [3.8, 4) is 0 Å². The summed E-state index contributed by atoms with van der Waals surface area (Å²) in [4.78, 5) is 4.30. The molecule has 3 heteroatoms. The summed E-state index contributed by atoms with van der Waals surface area (Å²) in [6.07, 6.45) is 1.86. The molecule has 0 saturated carbocycles. The van der Waals surface area contributed by atoms with Gasteiger partial charge in [0, 0.05) is 19.3 Å². The molecule has 0 aliphatic heterocycles. The molecule has 0 spiro atoms. The van der Waals surface area contributed by atoms with Crippen LogP contribution in [0.15, 0.2) is 42.6 Å². The second-order valence-corrected chi connectivity index (χ2v) is 4.09. The average Bonchev–Trinajstić information content (AvgIpc) is 2.39. The first-order valence-corrected chi connectivity index (χ1v) is 5.72. The van der Waals surface area contributed by atoms with Crippen LogP contribution in [0.2, 0.25) is 0 Å². The lowest BCUT2D eigenvalue weighted by molar-refractivity contribution is 1.05. The third-order valence-corrected chi connectivity index (χ3v) is 2.64. The largest absolute Gasteiger partial charge is 0.366 e. The average molecular weight is 227 g/mol. The lowest BCUT2D eigenvalue weighted by Crippen LogP contribution is -2.02. The fourth-order valence-electron chi connectivity index (χ4n) is 1.56. The number of pyridine rings is 1. The van der Waals surface area contributed by atoms with E-state index in [2.05, 4.69) is 34.6 Å². The van der Waals surface area contributed by atoms with E-state index in [1.54, 1.807) is 0 Å². The zero-order valence-corrected chi connectivity index (χ0v) is 9.98. The summed E-state index contributed by atoms with van der Waals surface area (Å²) in [7, 11) is 0. The van der Waals surface area contributed by atoms with Gasteiger partial charge in [-0.2, -0.15) is 0 Å². The Hall–Kier alpha value is -1.87. The van der Waals surface area contributed by atoms with Crippen molar-refractivity contribution in [3.63, 3.8) is 0 Å². The topological polar surface area (TPSA) is 50.9 Å². The molecule has 1 heterocycles. The Labute approximate surface area is 102 Å². The van der Waals surface area contributed by atoms with Gasteiger partial charge in [0.2, 0.25) is 0 Å². The molecule has 88 valence electrons. The number of anilines is 1. The van der Waals surface area contributed by atoms with E-state index < -0.39 is 0 Å². The predicted molar refractivity (Wildman–Crippen MR) is 70.6 cm³/mol. The number of nitrogens with two attached hydrogens (primary N) is 1. The summed E-state index contributed by atoms with van der Waals surface area (Å²) in [6.45, 7) is 3.40. The third kappa shape index (κ3) is 3.29. The number of hydrogen-bond donors (Lipinski definition) is 2. The lowest BCUT2D eigenvalue weighted by atomic mass is 10.1. The van der Waals surface area contributed by atoms with Gasteiger partial charge in [-0.25, -0.2) is 4.98 Å². The van der Waals surface area contributed by atoms with Crippen molar-refractivity contribution < 1.29 is 0 Å². The SMILES string of the molecule is Cc1ccc(NCc2ccc(CN)cc2)nc1. The van der Waals surface area contributed by atoms with Crippen molar-refractivity contribution in [2.75, 3.05) is 5.32 Å². The summed E-state index contributed by atoms with van der Waals surface area (Å²) in [5.74, 6) is 0.901. The number of aromatic nitrogens is 1. The molecule has 2 rings (SSSR count). The van der Waals surface area contributed by atoms with Gasteiger partial charge in [-0.15, -0.1) is 0 Å². The summed E-state index contributed by atoms with van der Waals surface area (Å²) in [5, 5.41) is 3.28. The molecule has 0 saturated heterocycles. The number of nitrogens with one attached hydrogen (secondary N) is 1. The van der Waals surface area contributed by atoms with Crippen LogP contribution in [0.3, 0.4) is 0 Å². The normalized spacial score (nSPS) is 10.2. The smallest absolute Gasteiger partial charge is 0.126 e. The molecule has 2 aromatic rings. The van der Waals surface area contributed by atoms with Crippen LogP contribution in [0.5, 0.6) is 0 Å². The van der Waals surface area contributed by atoms with Crippen LogP contribution in [-0.2, 0) is 13.1 Å². The lowest BCUT2D eigenvalue weighted by Gasteiger charge is -2.06. The van der Waals surface area contributed by atoms with E-state index in [-0.39, 0.29) is 0 Å². The van der Waals surface area contributed by atoms with Gasteiger partial charge in [0.05, 0.1) is 0 Å². The summed E-state index contributed by atoms with van der Waals surface area (Å²) < 4.78 is 0. The quantitative estimate of drug-likeness (QED) is 0.843. The van der Waals surface area contributed by atoms with Gasteiger partial charge in [0.25, 0.3) is 0 Å². The maximum Gasteiger partial charge on any atom is 0.126 e. The molecule has 0 bridgehead atoms. The molecule has 3 N–H and O–H groups in total. The van der Waals surface area contributed by atoms with Crippen LogP contribution in [-0.4, -0.2) is 4.98 Å². The minimum Gasteiger partial charge on any atom is -0.366 e. The van der Waals surface area contributed by atoms with Crippen molar-refractivity contribution in [3.05, 3.63) is 59.3 Å². The van der Waals surface area contributed by atoms with Gasteiger partial charge < -0.3 is 11.1 Å². The molecule has 3 nitrogen and oxygen atoms in total. The van der Waals surface area contributed by atoms with Crippen LogP contribution in [0.4, 0.5) is 5.82 Å². The second-order valence-electron chi connectivity index (χ2n) is 4.09. The van der Waals surface area contributed by atoms with E-state index in [4.69, 9.17) is 5.73 Å². The Morgan fingerprint density at radius 1 is 1.06 bits per heavy atom. The zero-order valence-electron chi connectivity index (χ0n) is 9.98. The standard InChI is InChI=1S/C14H17N3/c1-11-2-7-14(16-9-11)17-10-13-5-3-12(8-15)4-6-13/h2-7,9H,8,10,15H2,1H3,(H,16,17). The molecular formula is C14H17N3. The highest BCUT2D eigenvalue weighted by Crippen LogP contribution is 2.08. The van der Waals surface area contributed by atoms with Gasteiger partial charge in [-0.1, -0.05) is 30.3 Å². The monoisotopic (exact) mass is 227 g/mol. The van der Waals surface area contributed by atoms with Crippen LogP contribution in [0.1, 0.15) is 16.7 Å². The van der Waals surface area contributed by atoms with E-state index >= 15 is 0 Å². The molecule has 1 aromatic heterocycles. The molecule has 0 atom stereocenters. The molecule has 1 aromatic carbocycles. The minimum atomic E-state index is 0.591. The summed E-state index contributed by atoms with van der Waals surface area (Å²) >= 11 is 0. The van der Waals surface area contributed by atoms with Gasteiger partial charge >= 0.3 is 0 Å². The predicted octanol–water partition coefficient (Wildman–Crippen LogP) is 2.46. The van der Waals surface area contributed by atoms with Crippen LogP contribution < -0.4 is 11.1 Å². The van der Waals surface area contributed by atoms with E-state index in [1.165, 1.54) is 11.1 Å². The number of rotatable bonds is 4. The van der Waals surface area contributed by atoms with Crippen molar-refractivity contribution in [1.82, 2.24) is 4.98 Å². The first-order valence-electron chi connectivity index (χ1n) is 5.72. The Bertz CT molecular complexity index is 460. The highest BCUT2D eigenvalue weighted by molar-refractivity contribution is 5.36. The fraction of sp³-hybridized carbons (Fsp3) is 0.214. The van der Waals surface area contributed by atoms with Gasteiger partial charge in [-0.05, 0) is 29.7 Å². The Balaban J connectivity index is 1.95. The number of hydrogen-bond acceptors (Lipinski definition) is 3. The number of benzene rings is 1. The van der Waals surface area contributed by atoms with E-state index in [9.17, 15) is 0 Å². The molecule has 0 aliphatic rings. The van der Waals surface area contributed by atoms with Crippen LogP contribution in [0, 0.1) is 6.92 Å². The van der Waals surface area contributed by atoms with E-state index in [0.29, 0.717) is 6.54 Å². The van der Waals surface area contributed by atoms with Crippen molar-refractivity contribution in [2.24, 2.45) is 5.73 Å². The number of aryl methyl sites for hydroxylation is 1. The molecule has 17 heavy (non-hydrogen) atoms. The maximum atomic E-state index is 5.55. The van der Waals surface area contributed by atoms with Crippen molar-refractivity contribution in [1.29, 1.82) is 0 Å². The number of nitrogens with zero attached hydrogens (tertiary/aromatic N) is 1. The van der Waals surface area contributed by atoms with Crippen LogP contribution in [0.25, 0.3) is 0 Å².